The normalized spacial score (nSPS) is 12.1. The number of carbonyl (C=O) groups excluding carboxylic acids is 2. The molecule has 6 nitrogen and oxygen atoms in total. The van der Waals surface area contributed by atoms with E-state index < -0.39 is 11.6 Å². The molecule has 0 heterocycles. The quantitative estimate of drug-likeness (QED) is 0.683. The van der Waals surface area contributed by atoms with E-state index in [4.69, 9.17) is 21.1 Å². The zero-order valence-corrected chi connectivity index (χ0v) is 18.8. The van der Waals surface area contributed by atoms with E-state index in [2.05, 4.69) is 5.32 Å². The predicted molar refractivity (Wildman–Crippen MR) is 118 cm³/mol. The van der Waals surface area contributed by atoms with Gasteiger partial charge in [-0.15, -0.1) is 0 Å². The van der Waals surface area contributed by atoms with E-state index in [1.807, 2.05) is 39.0 Å². The molecule has 162 valence electrons. The molecule has 1 N–H and O–H groups in total. The topological polar surface area (TPSA) is 67.9 Å². The summed E-state index contributed by atoms with van der Waals surface area (Å²) in [6.07, 6.45) is 0. The van der Waals surface area contributed by atoms with Gasteiger partial charge in [0.25, 0.3) is 5.91 Å². The standard InChI is InChI=1S/C23H29ClN2O4/c1-16(22(28)25-23(2,3)4)26(14-17-9-8-10-18(24)13-17)21(27)15-30-20-12-7-6-11-19(20)29-5/h6-13,16H,14-15H2,1-5H3,(H,25,28). The van der Waals surface area contributed by atoms with Crippen LogP contribution in [0.2, 0.25) is 5.02 Å². The third-order valence-electron chi connectivity index (χ3n) is 4.33. The molecule has 0 bridgehead atoms. The van der Waals surface area contributed by atoms with Gasteiger partial charge < -0.3 is 19.7 Å². The minimum atomic E-state index is -0.697. The zero-order valence-electron chi connectivity index (χ0n) is 18.1. The minimum absolute atomic E-state index is 0.228. The molecule has 0 aromatic heterocycles. The summed E-state index contributed by atoms with van der Waals surface area (Å²) in [6.45, 7) is 7.39. The van der Waals surface area contributed by atoms with Crippen molar-refractivity contribution in [3.63, 3.8) is 0 Å². The van der Waals surface area contributed by atoms with Crippen LogP contribution < -0.4 is 14.8 Å². The Morgan fingerprint density at radius 2 is 1.77 bits per heavy atom. The van der Waals surface area contributed by atoms with Crippen LogP contribution in [0.5, 0.6) is 11.5 Å². The van der Waals surface area contributed by atoms with Gasteiger partial charge in [0.05, 0.1) is 7.11 Å². The molecule has 0 aliphatic rings. The van der Waals surface area contributed by atoms with Crippen LogP contribution in [0.15, 0.2) is 48.5 Å². The van der Waals surface area contributed by atoms with Crippen LogP contribution in [0, 0.1) is 0 Å². The second-order valence-electron chi connectivity index (χ2n) is 8.01. The number of nitrogens with one attached hydrogen (secondary N) is 1. The van der Waals surface area contributed by atoms with Gasteiger partial charge in [-0.1, -0.05) is 35.9 Å². The van der Waals surface area contributed by atoms with Crippen molar-refractivity contribution in [3.05, 3.63) is 59.1 Å². The Morgan fingerprint density at radius 3 is 2.37 bits per heavy atom. The van der Waals surface area contributed by atoms with Crippen LogP contribution >= 0.6 is 11.6 Å². The Hall–Kier alpha value is -2.73. The smallest absolute Gasteiger partial charge is 0.261 e. The highest BCUT2D eigenvalue weighted by Crippen LogP contribution is 2.26. The van der Waals surface area contributed by atoms with Crippen molar-refractivity contribution in [2.45, 2.75) is 45.8 Å². The molecule has 0 fully saturated rings. The Morgan fingerprint density at radius 1 is 1.10 bits per heavy atom. The highest BCUT2D eigenvalue weighted by atomic mass is 35.5. The molecule has 2 aromatic rings. The lowest BCUT2D eigenvalue weighted by molar-refractivity contribution is -0.142. The van der Waals surface area contributed by atoms with Crippen molar-refractivity contribution in [2.75, 3.05) is 13.7 Å². The van der Waals surface area contributed by atoms with E-state index in [-0.39, 0.29) is 25.0 Å². The van der Waals surface area contributed by atoms with Gasteiger partial charge >= 0.3 is 0 Å². The number of amides is 2. The molecule has 0 saturated carbocycles. The molecule has 2 amide bonds. The predicted octanol–water partition coefficient (Wildman–Crippen LogP) is 4.06. The highest BCUT2D eigenvalue weighted by molar-refractivity contribution is 6.30. The molecule has 7 heteroatoms. The average Bonchev–Trinajstić information content (AvgIpc) is 2.68. The van der Waals surface area contributed by atoms with E-state index in [1.54, 1.807) is 37.3 Å². The van der Waals surface area contributed by atoms with Gasteiger partial charge in [0.2, 0.25) is 5.91 Å². The van der Waals surface area contributed by atoms with Crippen LogP contribution in [-0.4, -0.2) is 42.0 Å². The van der Waals surface area contributed by atoms with E-state index in [1.165, 1.54) is 12.0 Å². The van der Waals surface area contributed by atoms with Gasteiger partial charge in [-0.05, 0) is 57.5 Å². The van der Waals surface area contributed by atoms with E-state index in [9.17, 15) is 9.59 Å². The third-order valence-corrected chi connectivity index (χ3v) is 4.56. The largest absolute Gasteiger partial charge is 0.493 e. The van der Waals surface area contributed by atoms with E-state index >= 15 is 0 Å². The van der Waals surface area contributed by atoms with Gasteiger partial charge in [-0.25, -0.2) is 0 Å². The molecular weight excluding hydrogens is 404 g/mol. The lowest BCUT2D eigenvalue weighted by Gasteiger charge is -2.31. The molecule has 0 aliphatic heterocycles. The first-order valence-electron chi connectivity index (χ1n) is 9.72. The summed E-state index contributed by atoms with van der Waals surface area (Å²) in [5.41, 5.74) is 0.410. The first-order valence-corrected chi connectivity index (χ1v) is 10.1. The summed E-state index contributed by atoms with van der Waals surface area (Å²) in [5.74, 6) is 0.431. The van der Waals surface area contributed by atoms with Crippen LogP contribution in [0.4, 0.5) is 0 Å². The number of carbonyl (C=O) groups is 2. The Labute approximate surface area is 183 Å². The maximum absolute atomic E-state index is 13.1. The first kappa shape index (κ1) is 23.5. The molecule has 0 radical (unpaired) electrons. The van der Waals surface area contributed by atoms with Gasteiger partial charge in [0, 0.05) is 17.1 Å². The zero-order chi connectivity index (χ0) is 22.3. The van der Waals surface area contributed by atoms with Gasteiger partial charge in [-0.2, -0.15) is 0 Å². The second kappa shape index (κ2) is 10.3. The van der Waals surface area contributed by atoms with Gasteiger partial charge in [0.15, 0.2) is 18.1 Å². The SMILES string of the molecule is COc1ccccc1OCC(=O)N(Cc1cccc(Cl)c1)C(C)C(=O)NC(C)(C)C. The molecule has 30 heavy (non-hydrogen) atoms. The van der Waals surface area contributed by atoms with Gasteiger partial charge in [0.1, 0.15) is 6.04 Å². The molecule has 2 aromatic carbocycles. The third kappa shape index (κ3) is 6.95. The fourth-order valence-electron chi connectivity index (χ4n) is 2.85. The number of hydrogen-bond donors (Lipinski definition) is 1. The number of para-hydroxylation sites is 2. The average molecular weight is 433 g/mol. The van der Waals surface area contributed by atoms with Crippen molar-refractivity contribution in [2.24, 2.45) is 0 Å². The summed E-state index contributed by atoms with van der Waals surface area (Å²) in [5, 5.41) is 3.49. The van der Waals surface area contributed by atoms with Crippen LogP contribution in [0.3, 0.4) is 0 Å². The van der Waals surface area contributed by atoms with Crippen molar-refractivity contribution in [1.29, 1.82) is 0 Å². The lowest BCUT2D eigenvalue weighted by Crippen LogP contribution is -2.53. The molecule has 0 saturated heterocycles. The van der Waals surface area contributed by atoms with E-state index in [0.717, 1.165) is 5.56 Å². The number of hydrogen-bond acceptors (Lipinski definition) is 4. The summed E-state index contributed by atoms with van der Waals surface area (Å²) in [6, 6.07) is 13.6. The first-order chi connectivity index (χ1) is 14.1. The second-order valence-corrected chi connectivity index (χ2v) is 8.44. The van der Waals surface area contributed by atoms with Crippen molar-refractivity contribution in [3.8, 4) is 11.5 Å². The number of ether oxygens (including phenoxy) is 2. The maximum Gasteiger partial charge on any atom is 0.261 e. The van der Waals surface area contributed by atoms with Crippen molar-refractivity contribution < 1.29 is 19.1 Å². The minimum Gasteiger partial charge on any atom is -0.493 e. The summed E-state index contributed by atoms with van der Waals surface area (Å²) in [7, 11) is 1.54. The molecule has 1 atom stereocenters. The summed E-state index contributed by atoms with van der Waals surface area (Å²) >= 11 is 6.09. The Bertz CT molecular complexity index is 880. The molecule has 0 spiro atoms. The number of rotatable bonds is 8. The summed E-state index contributed by atoms with van der Waals surface area (Å²) in [4.78, 5) is 27.3. The highest BCUT2D eigenvalue weighted by Gasteiger charge is 2.28. The number of methoxy groups -OCH3 is 1. The number of nitrogens with zero attached hydrogens (tertiary/aromatic N) is 1. The Balaban J connectivity index is 2.20. The van der Waals surface area contributed by atoms with Crippen LogP contribution in [-0.2, 0) is 16.1 Å². The fraction of sp³-hybridized carbons (Fsp3) is 0.391. The number of benzene rings is 2. The monoisotopic (exact) mass is 432 g/mol. The fourth-order valence-corrected chi connectivity index (χ4v) is 3.06. The maximum atomic E-state index is 13.1. The van der Waals surface area contributed by atoms with E-state index in [0.29, 0.717) is 16.5 Å². The summed E-state index contributed by atoms with van der Waals surface area (Å²) < 4.78 is 10.9. The van der Waals surface area contributed by atoms with Crippen LogP contribution in [0.25, 0.3) is 0 Å². The van der Waals surface area contributed by atoms with Crippen LogP contribution in [0.1, 0.15) is 33.3 Å². The number of halogens is 1. The molecule has 2 rings (SSSR count). The lowest BCUT2D eigenvalue weighted by atomic mass is 10.1. The van der Waals surface area contributed by atoms with Gasteiger partial charge in [-0.3, -0.25) is 9.59 Å². The molecule has 0 aliphatic carbocycles. The van der Waals surface area contributed by atoms with Crippen molar-refractivity contribution >= 4 is 23.4 Å². The molecular formula is C23H29ClN2O4. The van der Waals surface area contributed by atoms with Crippen molar-refractivity contribution in [1.82, 2.24) is 10.2 Å². The Kier molecular flexibility index (Phi) is 8.12. The molecule has 1 unspecified atom stereocenters.